The topological polar surface area (TPSA) is 0 Å². The van der Waals surface area contributed by atoms with Crippen LogP contribution < -0.4 is 0 Å². The molecule has 0 amide bonds. The van der Waals surface area contributed by atoms with Crippen molar-refractivity contribution in [3.05, 3.63) is 145 Å². The first kappa shape index (κ1) is 25.8. The summed E-state index contributed by atoms with van der Waals surface area (Å²) < 4.78 is 0. The van der Waals surface area contributed by atoms with Gasteiger partial charge < -0.3 is 0 Å². The SMILES string of the molecule is CC(C)(C)c1ccc2c(c1)-c1ccc3c4c(ccc-2c14)-c1c-3c(-c2ccccc2)c2cc3ccccc3cc2c1-c1ccccc1. The fourth-order valence-electron chi connectivity index (χ4n) is 8.35. The zero-order valence-electron chi connectivity index (χ0n) is 26.3. The molecule has 0 bridgehead atoms. The van der Waals surface area contributed by atoms with E-state index in [4.69, 9.17) is 0 Å². The van der Waals surface area contributed by atoms with Crippen molar-refractivity contribution in [3.8, 4) is 66.8 Å². The van der Waals surface area contributed by atoms with E-state index in [0.717, 1.165) is 0 Å². The van der Waals surface area contributed by atoms with Crippen molar-refractivity contribution < 1.29 is 0 Å². The van der Waals surface area contributed by atoms with Gasteiger partial charge >= 0.3 is 0 Å². The van der Waals surface area contributed by atoms with Crippen LogP contribution >= 0.6 is 0 Å². The van der Waals surface area contributed by atoms with E-state index in [2.05, 4.69) is 160 Å². The lowest BCUT2D eigenvalue weighted by Crippen LogP contribution is -2.10. The monoisotopic (exact) mass is 584 g/mol. The summed E-state index contributed by atoms with van der Waals surface area (Å²) in [5.74, 6) is 0. The van der Waals surface area contributed by atoms with E-state index >= 15 is 0 Å². The Hall–Kier alpha value is -5.46. The van der Waals surface area contributed by atoms with E-state index in [1.165, 1.54) is 105 Å². The van der Waals surface area contributed by atoms with Crippen molar-refractivity contribution >= 4 is 32.3 Å². The highest BCUT2D eigenvalue weighted by Crippen LogP contribution is 2.61. The number of rotatable bonds is 2. The summed E-state index contributed by atoms with van der Waals surface area (Å²) in [6.07, 6.45) is 0. The van der Waals surface area contributed by atoms with Crippen molar-refractivity contribution in [3.63, 3.8) is 0 Å². The summed E-state index contributed by atoms with van der Waals surface area (Å²) in [5.41, 5.74) is 17.5. The minimum atomic E-state index is 0.0943. The van der Waals surface area contributed by atoms with E-state index < -0.39 is 0 Å². The zero-order valence-corrected chi connectivity index (χ0v) is 26.3. The van der Waals surface area contributed by atoms with Gasteiger partial charge in [0, 0.05) is 0 Å². The van der Waals surface area contributed by atoms with Gasteiger partial charge in [0.25, 0.3) is 0 Å². The number of hydrogen-bond donors (Lipinski definition) is 0. The van der Waals surface area contributed by atoms with Crippen molar-refractivity contribution in [2.24, 2.45) is 0 Å². The second-order valence-corrected chi connectivity index (χ2v) is 14.1. The Bertz CT molecular complexity index is 2470. The maximum absolute atomic E-state index is 2.44. The Morgan fingerprint density at radius 2 is 0.783 bits per heavy atom. The van der Waals surface area contributed by atoms with Crippen LogP contribution in [0.15, 0.2) is 140 Å². The lowest BCUT2D eigenvalue weighted by atomic mass is 9.81. The third-order valence-corrected chi connectivity index (χ3v) is 10.5. The van der Waals surface area contributed by atoms with Crippen molar-refractivity contribution in [1.82, 2.24) is 0 Å². The lowest BCUT2D eigenvalue weighted by molar-refractivity contribution is 0.590. The van der Waals surface area contributed by atoms with Gasteiger partial charge in [0.2, 0.25) is 0 Å². The lowest BCUT2D eigenvalue weighted by Gasteiger charge is -2.21. The third-order valence-electron chi connectivity index (χ3n) is 10.5. The average molecular weight is 585 g/mol. The second-order valence-electron chi connectivity index (χ2n) is 14.1. The predicted octanol–water partition coefficient (Wildman–Crippen LogP) is 13.1. The molecule has 0 fully saturated rings. The normalized spacial score (nSPS) is 12.7. The minimum absolute atomic E-state index is 0.0943. The van der Waals surface area contributed by atoms with E-state index in [1.54, 1.807) is 0 Å². The second kappa shape index (κ2) is 9.05. The van der Waals surface area contributed by atoms with Gasteiger partial charge in [-0.15, -0.1) is 0 Å². The smallest absolute Gasteiger partial charge is 0.000740 e. The van der Waals surface area contributed by atoms with Crippen molar-refractivity contribution in [1.29, 1.82) is 0 Å². The Balaban J connectivity index is 1.40. The molecular formula is C46H32. The van der Waals surface area contributed by atoms with Crippen molar-refractivity contribution in [2.75, 3.05) is 0 Å². The Kier molecular flexibility index (Phi) is 5.08. The summed E-state index contributed by atoms with van der Waals surface area (Å²) in [5, 5.41) is 7.95. The molecule has 2 aliphatic carbocycles. The molecule has 0 aliphatic heterocycles. The molecule has 0 spiro atoms. The van der Waals surface area contributed by atoms with Crippen LogP contribution in [0, 0.1) is 0 Å². The molecule has 216 valence electrons. The third kappa shape index (κ3) is 3.39. The molecule has 46 heavy (non-hydrogen) atoms. The molecule has 0 heterocycles. The van der Waals surface area contributed by atoms with E-state index in [9.17, 15) is 0 Å². The molecule has 0 saturated heterocycles. The summed E-state index contributed by atoms with van der Waals surface area (Å²) >= 11 is 0. The molecule has 0 aromatic heterocycles. The minimum Gasteiger partial charge on any atom is -0.0622 e. The van der Waals surface area contributed by atoms with Crippen LogP contribution in [0.3, 0.4) is 0 Å². The number of fused-ring (bicyclic) bond motifs is 8. The molecule has 0 heteroatoms. The average Bonchev–Trinajstić information content (AvgIpc) is 3.58. The number of benzene rings is 8. The highest BCUT2D eigenvalue weighted by Gasteiger charge is 2.34. The standard InChI is InChI=1S/C46H32/c1-46(2,3)31-18-19-32-33-20-22-35-43-36(23-21-34(42(33)43)37(32)26-31)45-41(28-14-8-5-9-15-28)39-25-30-17-11-10-16-29(30)24-38(39)40(44(35)45)27-12-6-4-7-13-27/h4-26H,1-3H3. The molecule has 0 saturated carbocycles. The summed E-state index contributed by atoms with van der Waals surface area (Å²) in [4.78, 5) is 0. The largest absolute Gasteiger partial charge is 0.0622 e. The van der Waals surface area contributed by atoms with Crippen LogP contribution in [0.4, 0.5) is 0 Å². The van der Waals surface area contributed by atoms with Gasteiger partial charge in [-0.05, 0) is 128 Å². The summed E-state index contributed by atoms with van der Waals surface area (Å²) in [6.45, 7) is 6.92. The first-order chi connectivity index (χ1) is 22.5. The fraction of sp³-hybridized carbons (Fsp3) is 0.0870. The van der Waals surface area contributed by atoms with E-state index in [1.807, 2.05) is 0 Å². The van der Waals surface area contributed by atoms with Crippen LogP contribution in [0.2, 0.25) is 0 Å². The van der Waals surface area contributed by atoms with Crippen LogP contribution in [0.25, 0.3) is 99.1 Å². The zero-order chi connectivity index (χ0) is 30.7. The van der Waals surface area contributed by atoms with Gasteiger partial charge in [-0.1, -0.05) is 142 Å². The van der Waals surface area contributed by atoms with Crippen molar-refractivity contribution in [2.45, 2.75) is 26.2 Å². The number of hydrogen-bond acceptors (Lipinski definition) is 0. The molecule has 0 atom stereocenters. The molecule has 8 aromatic rings. The fourth-order valence-corrected chi connectivity index (χ4v) is 8.35. The molecule has 10 rings (SSSR count). The molecule has 0 radical (unpaired) electrons. The van der Waals surface area contributed by atoms with Crippen LogP contribution in [0.1, 0.15) is 26.3 Å². The van der Waals surface area contributed by atoms with Crippen LogP contribution in [0.5, 0.6) is 0 Å². The molecule has 0 nitrogen and oxygen atoms in total. The molecule has 0 N–H and O–H groups in total. The van der Waals surface area contributed by atoms with Gasteiger partial charge in [0.15, 0.2) is 0 Å². The van der Waals surface area contributed by atoms with Crippen LogP contribution in [-0.4, -0.2) is 0 Å². The Labute approximate surface area is 269 Å². The van der Waals surface area contributed by atoms with E-state index in [0.29, 0.717) is 0 Å². The molecule has 0 unspecified atom stereocenters. The maximum Gasteiger partial charge on any atom is -0.000740 e. The van der Waals surface area contributed by atoms with Gasteiger partial charge in [0.1, 0.15) is 0 Å². The van der Waals surface area contributed by atoms with Gasteiger partial charge in [-0.2, -0.15) is 0 Å². The first-order valence-electron chi connectivity index (χ1n) is 16.4. The van der Waals surface area contributed by atoms with Gasteiger partial charge in [-0.3, -0.25) is 0 Å². The Morgan fingerprint density at radius 3 is 1.30 bits per heavy atom. The molecule has 2 aliphatic rings. The highest BCUT2D eigenvalue weighted by atomic mass is 14.4. The van der Waals surface area contributed by atoms with E-state index in [-0.39, 0.29) is 5.41 Å². The first-order valence-corrected chi connectivity index (χ1v) is 16.4. The van der Waals surface area contributed by atoms with Crippen LogP contribution in [-0.2, 0) is 5.41 Å². The summed E-state index contributed by atoms with van der Waals surface area (Å²) in [6, 6.07) is 52.5. The maximum atomic E-state index is 2.44. The molecular weight excluding hydrogens is 553 g/mol. The van der Waals surface area contributed by atoms with Gasteiger partial charge in [-0.25, -0.2) is 0 Å². The summed E-state index contributed by atoms with van der Waals surface area (Å²) in [7, 11) is 0. The highest BCUT2D eigenvalue weighted by molar-refractivity contribution is 6.32. The predicted molar refractivity (Wildman–Crippen MR) is 197 cm³/mol. The molecule has 8 aromatic carbocycles. The quantitative estimate of drug-likeness (QED) is 0.177. The van der Waals surface area contributed by atoms with Gasteiger partial charge in [0.05, 0.1) is 0 Å². The Morgan fingerprint density at radius 1 is 0.348 bits per heavy atom.